The van der Waals surface area contributed by atoms with Crippen molar-refractivity contribution in [2.24, 2.45) is 5.92 Å². The molecular weight excluding hydrogens is 286 g/mol. The van der Waals surface area contributed by atoms with Gasteiger partial charge in [0.15, 0.2) is 0 Å². The standard InChI is InChI=1S/C19H19N3O/c23-12-18-15-7-9-21-19(15)16-10-13(5-6-17(16)22-18)3-4-14-2-1-8-20-11-14/h1-2,5-6,8,10-11,15,18-19,21-23H,7,9,12H2/t15-,18-,19-/m0/s1. The van der Waals surface area contributed by atoms with E-state index in [4.69, 9.17) is 0 Å². The smallest absolute Gasteiger partial charge is 0.0636 e. The first-order valence-electron chi connectivity index (χ1n) is 8.02. The summed E-state index contributed by atoms with van der Waals surface area (Å²) in [5, 5.41) is 16.7. The number of aliphatic hydroxyl groups is 1. The van der Waals surface area contributed by atoms with Gasteiger partial charge < -0.3 is 15.7 Å². The lowest BCUT2D eigenvalue weighted by atomic mass is 9.83. The highest BCUT2D eigenvalue weighted by Crippen LogP contribution is 2.41. The van der Waals surface area contributed by atoms with Gasteiger partial charge in [0.05, 0.1) is 12.6 Å². The maximum absolute atomic E-state index is 9.61. The molecule has 0 aliphatic carbocycles. The summed E-state index contributed by atoms with van der Waals surface area (Å²) in [6, 6.07) is 10.6. The quantitative estimate of drug-likeness (QED) is 0.705. The van der Waals surface area contributed by atoms with E-state index in [0.29, 0.717) is 12.0 Å². The summed E-state index contributed by atoms with van der Waals surface area (Å²) in [6.45, 7) is 1.17. The number of anilines is 1. The fourth-order valence-electron chi connectivity index (χ4n) is 3.60. The van der Waals surface area contributed by atoms with E-state index < -0.39 is 0 Å². The molecule has 0 saturated carbocycles. The minimum absolute atomic E-state index is 0.134. The van der Waals surface area contributed by atoms with Gasteiger partial charge in [-0.2, -0.15) is 0 Å². The molecule has 23 heavy (non-hydrogen) atoms. The second kappa shape index (κ2) is 6.04. The zero-order valence-corrected chi connectivity index (χ0v) is 12.8. The number of benzene rings is 1. The van der Waals surface area contributed by atoms with Crippen LogP contribution in [-0.2, 0) is 0 Å². The van der Waals surface area contributed by atoms with Crippen molar-refractivity contribution >= 4 is 5.69 Å². The van der Waals surface area contributed by atoms with Gasteiger partial charge in [-0.3, -0.25) is 4.98 Å². The molecule has 1 aromatic heterocycles. The van der Waals surface area contributed by atoms with Crippen LogP contribution in [-0.4, -0.2) is 29.3 Å². The molecule has 3 N–H and O–H groups in total. The monoisotopic (exact) mass is 305 g/mol. The predicted octanol–water partition coefficient (Wildman–Crippen LogP) is 1.92. The first-order valence-corrected chi connectivity index (χ1v) is 8.02. The third kappa shape index (κ3) is 2.70. The van der Waals surface area contributed by atoms with Gasteiger partial charge in [0, 0.05) is 41.2 Å². The second-order valence-corrected chi connectivity index (χ2v) is 6.11. The lowest BCUT2D eigenvalue weighted by Gasteiger charge is -2.36. The molecule has 2 aliphatic rings. The molecule has 1 saturated heterocycles. The Morgan fingerprint density at radius 2 is 2.13 bits per heavy atom. The van der Waals surface area contributed by atoms with Crippen molar-refractivity contribution < 1.29 is 5.11 Å². The number of rotatable bonds is 1. The number of nitrogens with one attached hydrogen (secondary N) is 2. The number of pyridine rings is 1. The number of fused-ring (bicyclic) bond motifs is 3. The lowest BCUT2D eigenvalue weighted by molar-refractivity contribution is 0.224. The largest absolute Gasteiger partial charge is 0.394 e. The number of hydrogen-bond acceptors (Lipinski definition) is 4. The first kappa shape index (κ1) is 14.3. The Morgan fingerprint density at radius 1 is 1.22 bits per heavy atom. The predicted molar refractivity (Wildman–Crippen MR) is 90.0 cm³/mol. The van der Waals surface area contributed by atoms with Crippen molar-refractivity contribution in [2.75, 3.05) is 18.5 Å². The Hall–Kier alpha value is -2.35. The third-order valence-electron chi connectivity index (χ3n) is 4.72. The van der Waals surface area contributed by atoms with E-state index in [-0.39, 0.29) is 12.6 Å². The average Bonchev–Trinajstić information content (AvgIpc) is 3.10. The van der Waals surface area contributed by atoms with Crippen molar-refractivity contribution in [1.29, 1.82) is 0 Å². The van der Waals surface area contributed by atoms with E-state index in [1.807, 2.05) is 18.2 Å². The van der Waals surface area contributed by atoms with Gasteiger partial charge in [-0.25, -0.2) is 0 Å². The average molecular weight is 305 g/mol. The SMILES string of the molecule is OC[C@@H]1Nc2ccc(C#Cc3cccnc3)cc2[C@H]2NCC[C@@H]12. The van der Waals surface area contributed by atoms with Gasteiger partial charge in [-0.05, 0) is 48.9 Å². The van der Waals surface area contributed by atoms with E-state index in [2.05, 4.69) is 39.6 Å². The van der Waals surface area contributed by atoms with Gasteiger partial charge in [0.25, 0.3) is 0 Å². The third-order valence-corrected chi connectivity index (χ3v) is 4.72. The molecule has 3 heterocycles. The molecule has 0 unspecified atom stereocenters. The highest BCUT2D eigenvalue weighted by Gasteiger charge is 2.39. The van der Waals surface area contributed by atoms with E-state index in [1.165, 1.54) is 5.56 Å². The molecule has 2 aliphatic heterocycles. The first-order chi connectivity index (χ1) is 11.3. The van der Waals surface area contributed by atoms with Crippen molar-refractivity contribution in [2.45, 2.75) is 18.5 Å². The van der Waals surface area contributed by atoms with Gasteiger partial charge in [0.2, 0.25) is 0 Å². The molecular formula is C19H19N3O. The minimum atomic E-state index is 0.134. The molecule has 3 atom stereocenters. The summed E-state index contributed by atoms with van der Waals surface area (Å²) >= 11 is 0. The lowest BCUT2D eigenvalue weighted by Crippen LogP contribution is -2.40. The summed E-state index contributed by atoms with van der Waals surface area (Å²) in [4.78, 5) is 4.08. The van der Waals surface area contributed by atoms with Crippen molar-refractivity contribution in [3.63, 3.8) is 0 Å². The Bertz CT molecular complexity index is 763. The summed E-state index contributed by atoms with van der Waals surface area (Å²) < 4.78 is 0. The Kier molecular flexibility index (Phi) is 3.74. The van der Waals surface area contributed by atoms with E-state index >= 15 is 0 Å². The van der Waals surface area contributed by atoms with E-state index in [1.54, 1.807) is 12.4 Å². The van der Waals surface area contributed by atoms with E-state index in [0.717, 1.165) is 29.8 Å². The van der Waals surface area contributed by atoms with Crippen LogP contribution >= 0.6 is 0 Å². The summed E-state index contributed by atoms with van der Waals surface area (Å²) in [5.41, 5.74) is 4.28. The van der Waals surface area contributed by atoms with Gasteiger partial charge in [-0.15, -0.1) is 0 Å². The molecule has 0 radical (unpaired) electrons. The fraction of sp³-hybridized carbons (Fsp3) is 0.316. The maximum Gasteiger partial charge on any atom is 0.0636 e. The van der Waals surface area contributed by atoms with Crippen LogP contribution in [0.5, 0.6) is 0 Å². The highest BCUT2D eigenvalue weighted by atomic mass is 16.3. The molecule has 4 rings (SSSR count). The van der Waals surface area contributed by atoms with Crippen LogP contribution in [0, 0.1) is 17.8 Å². The van der Waals surface area contributed by atoms with Crippen LogP contribution in [0.25, 0.3) is 0 Å². The molecule has 0 amide bonds. The van der Waals surface area contributed by atoms with Crippen molar-refractivity contribution in [3.05, 3.63) is 59.4 Å². The highest BCUT2D eigenvalue weighted by molar-refractivity contribution is 5.60. The number of hydrogen-bond donors (Lipinski definition) is 3. The van der Waals surface area contributed by atoms with Crippen LogP contribution < -0.4 is 10.6 Å². The van der Waals surface area contributed by atoms with Gasteiger partial charge >= 0.3 is 0 Å². The summed E-state index contributed by atoms with van der Waals surface area (Å²) in [6.07, 6.45) is 4.61. The van der Waals surface area contributed by atoms with Crippen LogP contribution in [0.3, 0.4) is 0 Å². The fourth-order valence-corrected chi connectivity index (χ4v) is 3.60. The van der Waals surface area contributed by atoms with Crippen LogP contribution in [0.15, 0.2) is 42.7 Å². The zero-order valence-electron chi connectivity index (χ0n) is 12.8. The molecule has 4 nitrogen and oxygen atoms in total. The molecule has 116 valence electrons. The van der Waals surface area contributed by atoms with Gasteiger partial charge in [-0.1, -0.05) is 11.8 Å². The van der Waals surface area contributed by atoms with Crippen molar-refractivity contribution in [1.82, 2.24) is 10.3 Å². The van der Waals surface area contributed by atoms with Crippen LogP contribution in [0.1, 0.15) is 29.2 Å². The van der Waals surface area contributed by atoms with Crippen molar-refractivity contribution in [3.8, 4) is 11.8 Å². The summed E-state index contributed by atoms with van der Waals surface area (Å²) in [5.74, 6) is 6.81. The van der Waals surface area contributed by atoms with Crippen LogP contribution in [0.4, 0.5) is 5.69 Å². The maximum atomic E-state index is 9.61. The topological polar surface area (TPSA) is 57.2 Å². The molecule has 1 fully saturated rings. The molecule has 0 spiro atoms. The molecule has 0 bridgehead atoms. The Labute approximate surface area is 136 Å². The minimum Gasteiger partial charge on any atom is -0.394 e. The zero-order chi connectivity index (χ0) is 15.6. The number of nitrogens with zero attached hydrogens (tertiary/aromatic N) is 1. The molecule has 4 heteroatoms. The Morgan fingerprint density at radius 3 is 2.96 bits per heavy atom. The normalized spacial score (nSPS) is 24.8. The molecule has 2 aromatic rings. The van der Waals surface area contributed by atoms with E-state index in [9.17, 15) is 5.11 Å². The van der Waals surface area contributed by atoms with Gasteiger partial charge in [0.1, 0.15) is 0 Å². The number of aromatic nitrogens is 1. The number of aliphatic hydroxyl groups excluding tert-OH is 1. The Balaban J connectivity index is 1.66. The second-order valence-electron chi connectivity index (χ2n) is 6.11. The molecule has 1 aromatic carbocycles. The summed E-state index contributed by atoms with van der Waals surface area (Å²) in [7, 11) is 0. The van der Waals surface area contributed by atoms with Crippen LogP contribution in [0.2, 0.25) is 0 Å².